The number of halogens is 1. The van der Waals surface area contributed by atoms with Gasteiger partial charge in [0.15, 0.2) is 0 Å². The fourth-order valence-electron chi connectivity index (χ4n) is 1.38. The minimum atomic E-state index is -0.166. The van der Waals surface area contributed by atoms with Gasteiger partial charge in [-0.2, -0.15) is 5.26 Å². The lowest BCUT2D eigenvalue weighted by atomic mass is 10.1. The van der Waals surface area contributed by atoms with Crippen LogP contribution in [0.5, 0.6) is 0 Å². The molecule has 0 saturated carbocycles. The number of nitrogens with one attached hydrogen (secondary N) is 1. The number of hydrogen-bond acceptors (Lipinski definition) is 2. The molecule has 1 N–H and O–H groups in total. The summed E-state index contributed by atoms with van der Waals surface area (Å²) in [5, 5.41) is 12.1. The highest BCUT2D eigenvalue weighted by Crippen LogP contribution is 2.03. The number of hydrogen-bond donors (Lipinski definition) is 1. The van der Waals surface area contributed by atoms with Crippen LogP contribution in [0, 0.1) is 11.3 Å². The zero-order valence-electron chi connectivity index (χ0n) is 8.78. The van der Waals surface area contributed by atoms with E-state index in [0.29, 0.717) is 5.88 Å². The molecule has 1 aromatic rings. The number of benzene rings is 1. The molecule has 0 saturated heterocycles. The summed E-state index contributed by atoms with van der Waals surface area (Å²) in [7, 11) is 0. The Kier molecular flexibility index (Phi) is 5.17. The van der Waals surface area contributed by atoms with Crippen LogP contribution < -0.4 is 5.32 Å². The number of nitrogens with zero attached hydrogens (tertiary/aromatic N) is 1. The molecule has 2 nitrogen and oxygen atoms in total. The molecule has 0 amide bonds. The molecular formula is C12H15ClN2. The Morgan fingerprint density at radius 2 is 2.07 bits per heavy atom. The summed E-state index contributed by atoms with van der Waals surface area (Å²) in [6, 6.07) is 12.2. The number of rotatable bonds is 5. The van der Waals surface area contributed by atoms with Gasteiger partial charge in [-0.1, -0.05) is 30.3 Å². The van der Waals surface area contributed by atoms with Crippen LogP contribution in [0.25, 0.3) is 0 Å². The predicted molar refractivity (Wildman–Crippen MR) is 62.9 cm³/mol. The van der Waals surface area contributed by atoms with Crippen molar-refractivity contribution in [1.29, 1.82) is 5.26 Å². The number of alkyl halides is 1. The van der Waals surface area contributed by atoms with Gasteiger partial charge in [-0.25, -0.2) is 0 Å². The van der Waals surface area contributed by atoms with E-state index in [4.69, 9.17) is 16.9 Å². The molecule has 0 bridgehead atoms. The van der Waals surface area contributed by atoms with E-state index in [1.165, 1.54) is 5.56 Å². The quantitative estimate of drug-likeness (QED) is 0.777. The van der Waals surface area contributed by atoms with E-state index in [9.17, 15) is 0 Å². The van der Waals surface area contributed by atoms with E-state index in [1.807, 2.05) is 37.3 Å². The van der Waals surface area contributed by atoms with Gasteiger partial charge in [0.25, 0.3) is 0 Å². The Balaban J connectivity index is 2.52. The Morgan fingerprint density at radius 1 is 1.40 bits per heavy atom. The second-order valence-electron chi connectivity index (χ2n) is 3.59. The lowest BCUT2D eigenvalue weighted by Crippen LogP contribution is -2.38. The van der Waals surface area contributed by atoms with Crippen molar-refractivity contribution in [2.45, 2.75) is 25.4 Å². The van der Waals surface area contributed by atoms with Crippen molar-refractivity contribution in [3.8, 4) is 6.07 Å². The first-order valence-electron chi connectivity index (χ1n) is 5.01. The lowest BCUT2D eigenvalue weighted by molar-refractivity contribution is 0.531. The average Bonchev–Trinajstić information content (AvgIpc) is 2.29. The van der Waals surface area contributed by atoms with Crippen molar-refractivity contribution >= 4 is 11.6 Å². The second kappa shape index (κ2) is 6.44. The average molecular weight is 223 g/mol. The molecule has 15 heavy (non-hydrogen) atoms. The fraction of sp³-hybridized carbons (Fsp3) is 0.417. The van der Waals surface area contributed by atoms with Crippen LogP contribution in [-0.2, 0) is 6.42 Å². The molecule has 0 fully saturated rings. The minimum absolute atomic E-state index is 0.166. The maximum atomic E-state index is 8.98. The highest BCUT2D eigenvalue weighted by atomic mass is 35.5. The number of nitriles is 1. The van der Waals surface area contributed by atoms with Crippen molar-refractivity contribution in [1.82, 2.24) is 5.32 Å². The van der Waals surface area contributed by atoms with Gasteiger partial charge in [-0.15, -0.1) is 11.6 Å². The molecule has 0 aromatic heterocycles. The molecule has 1 unspecified atom stereocenters. The van der Waals surface area contributed by atoms with Crippen LogP contribution in [0.15, 0.2) is 30.3 Å². The first-order valence-corrected chi connectivity index (χ1v) is 5.55. The second-order valence-corrected chi connectivity index (χ2v) is 3.90. The van der Waals surface area contributed by atoms with Crippen molar-refractivity contribution in [2.24, 2.45) is 0 Å². The first kappa shape index (κ1) is 12.0. The summed E-state index contributed by atoms with van der Waals surface area (Å²) in [6.07, 6.45) is 0.721. The zero-order valence-corrected chi connectivity index (χ0v) is 9.54. The Hall–Kier alpha value is -1.04. The molecule has 1 aromatic carbocycles. The van der Waals surface area contributed by atoms with Crippen LogP contribution in [0.1, 0.15) is 12.5 Å². The molecule has 1 rings (SSSR count). The summed E-state index contributed by atoms with van der Waals surface area (Å²) >= 11 is 5.68. The summed E-state index contributed by atoms with van der Waals surface area (Å²) in [5.74, 6) is 0.521. The lowest BCUT2D eigenvalue weighted by Gasteiger charge is -2.15. The molecular weight excluding hydrogens is 208 g/mol. The maximum Gasteiger partial charge on any atom is 0.0996 e. The van der Waals surface area contributed by atoms with Crippen LogP contribution in [0.4, 0.5) is 0 Å². The van der Waals surface area contributed by atoms with Gasteiger partial charge >= 0.3 is 0 Å². The summed E-state index contributed by atoms with van der Waals surface area (Å²) in [4.78, 5) is 0. The van der Waals surface area contributed by atoms with Crippen LogP contribution in [0.3, 0.4) is 0 Å². The topological polar surface area (TPSA) is 35.8 Å². The summed E-state index contributed by atoms with van der Waals surface area (Å²) in [5.41, 5.74) is 1.17. The monoisotopic (exact) mass is 222 g/mol. The zero-order chi connectivity index (χ0) is 11.1. The first-order chi connectivity index (χ1) is 7.26. The van der Waals surface area contributed by atoms with E-state index in [1.54, 1.807) is 0 Å². The standard InChI is InChI=1S/C12H15ClN2/c1-10(8-13)15-12(9-14)7-11-5-3-2-4-6-11/h2-6,10,12,15H,7-8H2,1H3/t10?,12-/m0/s1. The molecule has 0 heterocycles. The van der Waals surface area contributed by atoms with Crippen LogP contribution >= 0.6 is 11.6 Å². The third-order valence-corrected chi connectivity index (χ3v) is 2.62. The fourth-order valence-corrected chi connectivity index (χ4v) is 1.47. The van der Waals surface area contributed by atoms with Gasteiger partial charge in [-0.3, -0.25) is 5.32 Å². The summed E-state index contributed by atoms with van der Waals surface area (Å²) < 4.78 is 0. The van der Waals surface area contributed by atoms with Gasteiger partial charge in [-0.05, 0) is 12.5 Å². The Morgan fingerprint density at radius 3 is 2.60 bits per heavy atom. The molecule has 3 heteroatoms. The highest BCUT2D eigenvalue weighted by molar-refractivity contribution is 6.18. The highest BCUT2D eigenvalue weighted by Gasteiger charge is 2.10. The predicted octanol–water partition coefficient (Wildman–Crippen LogP) is 2.34. The van der Waals surface area contributed by atoms with Crippen molar-refractivity contribution in [3.63, 3.8) is 0 Å². The normalized spacial score (nSPS) is 14.2. The largest absolute Gasteiger partial charge is 0.298 e. The molecule has 2 atom stereocenters. The Bertz CT molecular complexity index is 318. The molecule has 0 aliphatic carbocycles. The van der Waals surface area contributed by atoms with E-state index in [0.717, 1.165) is 6.42 Å². The maximum absolute atomic E-state index is 8.98. The van der Waals surface area contributed by atoms with E-state index in [-0.39, 0.29) is 12.1 Å². The van der Waals surface area contributed by atoms with Crippen molar-refractivity contribution in [2.75, 3.05) is 5.88 Å². The van der Waals surface area contributed by atoms with Gasteiger partial charge < -0.3 is 0 Å². The van der Waals surface area contributed by atoms with Crippen molar-refractivity contribution in [3.05, 3.63) is 35.9 Å². The molecule has 0 radical (unpaired) electrons. The van der Waals surface area contributed by atoms with Gasteiger partial charge in [0, 0.05) is 18.3 Å². The SMILES string of the molecule is CC(CCl)N[C@H](C#N)Cc1ccccc1. The molecule has 80 valence electrons. The molecule has 0 aliphatic heterocycles. The van der Waals surface area contributed by atoms with Crippen LogP contribution in [0.2, 0.25) is 0 Å². The van der Waals surface area contributed by atoms with E-state index >= 15 is 0 Å². The van der Waals surface area contributed by atoms with Crippen molar-refractivity contribution < 1.29 is 0 Å². The van der Waals surface area contributed by atoms with Gasteiger partial charge in [0.2, 0.25) is 0 Å². The Labute approximate surface area is 95.9 Å². The summed E-state index contributed by atoms with van der Waals surface area (Å²) in [6.45, 7) is 1.97. The molecule has 0 aliphatic rings. The smallest absolute Gasteiger partial charge is 0.0996 e. The van der Waals surface area contributed by atoms with E-state index < -0.39 is 0 Å². The molecule has 0 spiro atoms. The minimum Gasteiger partial charge on any atom is -0.298 e. The third kappa shape index (κ3) is 4.33. The van der Waals surface area contributed by atoms with Gasteiger partial charge in [0.1, 0.15) is 0 Å². The van der Waals surface area contributed by atoms with Crippen LogP contribution in [-0.4, -0.2) is 18.0 Å². The van der Waals surface area contributed by atoms with Gasteiger partial charge in [0.05, 0.1) is 12.1 Å². The van der Waals surface area contributed by atoms with E-state index in [2.05, 4.69) is 11.4 Å². The third-order valence-electron chi connectivity index (χ3n) is 2.16.